The lowest BCUT2D eigenvalue weighted by atomic mass is 9.86. The molecule has 3 atom stereocenters. The molecular formula is C18H25N3O2. The Balaban J connectivity index is 1.53. The average molecular weight is 315 g/mol. The maximum Gasteiger partial charge on any atom is 0.315 e. The van der Waals surface area contributed by atoms with Crippen molar-refractivity contribution in [2.45, 2.75) is 51.1 Å². The van der Waals surface area contributed by atoms with E-state index >= 15 is 0 Å². The predicted molar refractivity (Wildman–Crippen MR) is 90.3 cm³/mol. The molecule has 1 saturated carbocycles. The third kappa shape index (κ3) is 3.84. The van der Waals surface area contributed by atoms with Crippen molar-refractivity contribution >= 4 is 17.6 Å². The molecule has 1 saturated heterocycles. The number of nitrogens with one attached hydrogen (secondary N) is 2. The number of para-hydroxylation sites is 1. The first-order valence-corrected chi connectivity index (χ1v) is 8.56. The Labute approximate surface area is 137 Å². The van der Waals surface area contributed by atoms with Crippen LogP contribution in [0.2, 0.25) is 0 Å². The second-order valence-corrected chi connectivity index (χ2v) is 6.73. The van der Waals surface area contributed by atoms with E-state index < -0.39 is 0 Å². The molecule has 3 rings (SSSR count). The highest BCUT2D eigenvalue weighted by atomic mass is 16.2. The smallest absolute Gasteiger partial charge is 0.315 e. The predicted octanol–water partition coefficient (Wildman–Crippen LogP) is 2.67. The zero-order valence-electron chi connectivity index (χ0n) is 13.6. The number of rotatable bonds is 3. The van der Waals surface area contributed by atoms with Gasteiger partial charge in [-0.1, -0.05) is 38.0 Å². The highest BCUT2D eigenvalue weighted by Gasteiger charge is 2.32. The number of amides is 3. The third-order valence-corrected chi connectivity index (χ3v) is 4.96. The summed E-state index contributed by atoms with van der Waals surface area (Å²) < 4.78 is 0. The summed E-state index contributed by atoms with van der Waals surface area (Å²) in [6, 6.07) is 9.59. The van der Waals surface area contributed by atoms with Crippen molar-refractivity contribution in [3.05, 3.63) is 30.3 Å². The van der Waals surface area contributed by atoms with Crippen molar-refractivity contribution < 1.29 is 9.59 Å². The van der Waals surface area contributed by atoms with Gasteiger partial charge >= 0.3 is 6.03 Å². The zero-order chi connectivity index (χ0) is 16.2. The normalized spacial score (nSPS) is 27.8. The van der Waals surface area contributed by atoms with Gasteiger partial charge in [-0.25, -0.2) is 4.79 Å². The Kier molecular flexibility index (Phi) is 4.84. The first-order chi connectivity index (χ1) is 11.1. The van der Waals surface area contributed by atoms with Crippen molar-refractivity contribution in [2.24, 2.45) is 5.92 Å². The summed E-state index contributed by atoms with van der Waals surface area (Å²) in [6.07, 6.45) is 5.02. The first-order valence-electron chi connectivity index (χ1n) is 8.56. The van der Waals surface area contributed by atoms with Gasteiger partial charge in [0.15, 0.2) is 0 Å². The molecule has 1 aromatic rings. The van der Waals surface area contributed by atoms with Gasteiger partial charge in [-0.15, -0.1) is 0 Å². The topological polar surface area (TPSA) is 61.4 Å². The van der Waals surface area contributed by atoms with Crippen LogP contribution in [0.5, 0.6) is 0 Å². The van der Waals surface area contributed by atoms with E-state index in [0.29, 0.717) is 18.9 Å². The highest BCUT2D eigenvalue weighted by Crippen LogP contribution is 2.24. The van der Waals surface area contributed by atoms with Gasteiger partial charge < -0.3 is 15.5 Å². The minimum atomic E-state index is -0.142. The van der Waals surface area contributed by atoms with Gasteiger partial charge in [0.05, 0.1) is 6.04 Å². The quantitative estimate of drug-likeness (QED) is 0.901. The Hall–Kier alpha value is -2.04. The van der Waals surface area contributed by atoms with Crippen molar-refractivity contribution in [1.82, 2.24) is 10.6 Å². The summed E-state index contributed by atoms with van der Waals surface area (Å²) in [7, 11) is 0. The van der Waals surface area contributed by atoms with E-state index in [2.05, 4.69) is 17.6 Å². The molecule has 3 amide bonds. The number of anilines is 1. The van der Waals surface area contributed by atoms with E-state index in [-0.39, 0.29) is 24.0 Å². The van der Waals surface area contributed by atoms with Crippen LogP contribution in [0, 0.1) is 5.92 Å². The molecule has 1 aliphatic heterocycles. The fraction of sp³-hybridized carbons (Fsp3) is 0.556. The van der Waals surface area contributed by atoms with E-state index in [1.54, 1.807) is 4.90 Å². The molecule has 0 spiro atoms. The minimum absolute atomic E-state index is 0.0625. The van der Waals surface area contributed by atoms with Crippen molar-refractivity contribution in [2.75, 3.05) is 11.4 Å². The molecule has 0 unspecified atom stereocenters. The van der Waals surface area contributed by atoms with E-state index in [1.807, 2.05) is 30.3 Å². The Morgan fingerprint density at radius 2 is 1.87 bits per heavy atom. The third-order valence-electron chi connectivity index (χ3n) is 4.96. The fourth-order valence-electron chi connectivity index (χ4n) is 3.59. The number of urea groups is 1. The van der Waals surface area contributed by atoms with Crippen LogP contribution in [-0.2, 0) is 4.79 Å². The molecule has 5 heteroatoms. The van der Waals surface area contributed by atoms with Crippen LogP contribution in [0.25, 0.3) is 0 Å². The van der Waals surface area contributed by atoms with Crippen LogP contribution >= 0.6 is 0 Å². The van der Waals surface area contributed by atoms with Crippen LogP contribution in [0.15, 0.2) is 30.3 Å². The molecule has 1 aliphatic carbocycles. The molecule has 1 heterocycles. The van der Waals surface area contributed by atoms with E-state index in [0.717, 1.165) is 12.1 Å². The number of carbonyl (C=O) groups is 2. The second kappa shape index (κ2) is 7.02. The lowest BCUT2D eigenvalue weighted by Crippen LogP contribution is -2.49. The van der Waals surface area contributed by atoms with Crippen molar-refractivity contribution in [3.8, 4) is 0 Å². The monoisotopic (exact) mass is 315 g/mol. The highest BCUT2D eigenvalue weighted by molar-refractivity contribution is 5.96. The van der Waals surface area contributed by atoms with Crippen LogP contribution in [-0.4, -0.2) is 30.6 Å². The van der Waals surface area contributed by atoms with Crippen molar-refractivity contribution in [1.29, 1.82) is 0 Å². The van der Waals surface area contributed by atoms with E-state index in [9.17, 15) is 9.59 Å². The summed E-state index contributed by atoms with van der Waals surface area (Å²) in [5.41, 5.74) is 0.892. The molecule has 0 aromatic heterocycles. The molecule has 2 N–H and O–H groups in total. The second-order valence-electron chi connectivity index (χ2n) is 6.73. The number of hydrogen-bond acceptors (Lipinski definition) is 2. The van der Waals surface area contributed by atoms with Crippen LogP contribution < -0.4 is 15.5 Å². The maximum atomic E-state index is 12.2. The molecule has 5 nitrogen and oxygen atoms in total. The summed E-state index contributed by atoms with van der Waals surface area (Å²) in [6.45, 7) is 2.73. The summed E-state index contributed by atoms with van der Waals surface area (Å²) in [5.74, 6) is 0.591. The molecule has 0 radical (unpaired) electrons. The van der Waals surface area contributed by atoms with E-state index in [4.69, 9.17) is 0 Å². The molecule has 124 valence electrons. The molecule has 23 heavy (non-hydrogen) atoms. The van der Waals surface area contributed by atoms with Gasteiger partial charge in [0, 0.05) is 24.7 Å². The molecule has 2 fully saturated rings. The number of hydrogen-bond donors (Lipinski definition) is 2. The fourth-order valence-corrected chi connectivity index (χ4v) is 3.59. The summed E-state index contributed by atoms with van der Waals surface area (Å²) >= 11 is 0. The maximum absolute atomic E-state index is 12.2. The SMILES string of the molecule is C[C@@H]1CCCC[C@@H]1NC(=O)N[C@@H]1CC(=O)N(c2ccccc2)C1. The Morgan fingerprint density at radius 3 is 2.61 bits per heavy atom. The molecule has 1 aromatic carbocycles. The van der Waals surface area contributed by atoms with Crippen LogP contribution in [0.1, 0.15) is 39.0 Å². The van der Waals surface area contributed by atoms with Gasteiger partial charge in [0.2, 0.25) is 5.91 Å². The number of benzene rings is 1. The van der Waals surface area contributed by atoms with Gasteiger partial charge in [0.1, 0.15) is 0 Å². The Morgan fingerprint density at radius 1 is 1.13 bits per heavy atom. The molecular weight excluding hydrogens is 290 g/mol. The lowest BCUT2D eigenvalue weighted by Gasteiger charge is -2.30. The standard InChI is InChI=1S/C18H25N3O2/c1-13-7-5-6-10-16(13)20-18(23)19-14-11-17(22)21(12-14)15-8-3-2-4-9-15/h2-4,8-9,13-14,16H,5-7,10-12H2,1H3,(H2,19,20,23)/t13-,14-,16+/m1/s1. The van der Waals surface area contributed by atoms with Crippen molar-refractivity contribution in [3.63, 3.8) is 0 Å². The summed E-state index contributed by atoms with van der Waals surface area (Å²) in [4.78, 5) is 26.1. The Bertz CT molecular complexity index is 561. The zero-order valence-corrected chi connectivity index (χ0v) is 13.6. The average Bonchev–Trinajstić information content (AvgIpc) is 2.91. The van der Waals surface area contributed by atoms with Crippen LogP contribution in [0.3, 0.4) is 0 Å². The molecule has 0 bridgehead atoms. The van der Waals surface area contributed by atoms with E-state index in [1.165, 1.54) is 19.3 Å². The van der Waals surface area contributed by atoms with Gasteiger partial charge in [-0.2, -0.15) is 0 Å². The minimum Gasteiger partial charge on any atom is -0.335 e. The number of nitrogens with zero attached hydrogens (tertiary/aromatic N) is 1. The van der Waals surface area contributed by atoms with Crippen LogP contribution in [0.4, 0.5) is 10.5 Å². The van der Waals surface area contributed by atoms with Gasteiger partial charge in [-0.3, -0.25) is 4.79 Å². The number of carbonyl (C=O) groups excluding carboxylic acids is 2. The summed E-state index contributed by atoms with van der Waals surface area (Å²) in [5, 5.41) is 6.05. The van der Waals surface area contributed by atoms with Gasteiger partial charge in [-0.05, 0) is 30.9 Å². The first kappa shape index (κ1) is 15.8. The largest absolute Gasteiger partial charge is 0.335 e. The van der Waals surface area contributed by atoms with Gasteiger partial charge in [0.25, 0.3) is 0 Å². The molecule has 2 aliphatic rings. The lowest BCUT2D eigenvalue weighted by molar-refractivity contribution is -0.117.